The molecular weight excluding hydrogens is 244 g/mol. The lowest BCUT2D eigenvalue weighted by Gasteiger charge is -2.30. The van der Waals surface area contributed by atoms with Gasteiger partial charge in [-0.1, -0.05) is 6.42 Å². The van der Waals surface area contributed by atoms with Gasteiger partial charge in [-0.25, -0.2) is 0 Å². The largest absolute Gasteiger partial charge is 0.454 e. The quantitative estimate of drug-likeness (QED) is 0.845. The van der Waals surface area contributed by atoms with Crippen molar-refractivity contribution >= 4 is 11.6 Å². The number of amides is 1. The van der Waals surface area contributed by atoms with Gasteiger partial charge in [0.15, 0.2) is 11.5 Å². The summed E-state index contributed by atoms with van der Waals surface area (Å²) in [5, 5.41) is 0. The number of carbonyl (C=O) groups is 1. The Morgan fingerprint density at radius 3 is 2.68 bits per heavy atom. The van der Waals surface area contributed by atoms with Crippen molar-refractivity contribution in [2.75, 3.05) is 26.1 Å². The lowest BCUT2D eigenvalue weighted by atomic mass is 9.85. The highest BCUT2D eigenvalue weighted by atomic mass is 16.7. The molecule has 1 aromatic rings. The van der Waals surface area contributed by atoms with Crippen LogP contribution in [0.5, 0.6) is 11.5 Å². The molecule has 1 heterocycles. The zero-order chi connectivity index (χ0) is 13.4. The maximum atomic E-state index is 12.4. The first-order chi connectivity index (χ1) is 9.15. The SMILES string of the molecule is CN(CC1CCC1)C(=O)c1cc2c(cc1N)OCO2. The molecule has 0 spiro atoms. The lowest BCUT2D eigenvalue weighted by molar-refractivity contribution is 0.0746. The van der Waals surface area contributed by atoms with Crippen molar-refractivity contribution in [3.8, 4) is 11.5 Å². The molecule has 5 nitrogen and oxygen atoms in total. The molecule has 0 unspecified atom stereocenters. The van der Waals surface area contributed by atoms with E-state index in [0.717, 1.165) is 6.54 Å². The Balaban J connectivity index is 1.78. The summed E-state index contributed by atoms with van der Waals surface area (Å²) < 4.78 is 10.5. The molecule has 0 atom stereocenters. The van der Waals surface area contributed by atoms with Crippen molar-refractivity contribution in [2.24, 2.45) is 5.92 Å². The number of nitrogen functional groups attached to an aromatic ring is 1. The van der Waals surface area contributed by atoms with Crippen molar-refractivity contribution in [3.05, 3.63) is 17.7 Å². The van der Waals surface area contributed by atoms with E-state index in [-0.39, 0.29) is 12.7 Å². The van der Waals surface area contributed by atoms with Gasteiger partial charge in [-0.15, -0.1) is 0 Å². The Morgan fingerprint density at radius 2 is 2.05 bits per heavy atom. The maximum absolute atomic E-state index is 12.4. The molecular formula is C14H18N2O3. The number of carbonyl (C=O) groups excluding carboxylic acids is 1. The van der Waals surface area contributed by atoms with Crippen LogP contribution in [-0.4, -0.2) is 31.2 Å². The Morgan fingerprint density at radius 1 is 1.37 bits per heavy atom. The molecule has 1 saturated carbocycles. The zero-order valence-corrected chi connectivity index (χ0v) is 11.0. The molecule has 1 amide bonds. The Labute approximate surface area is 112 Å². The summed E-state index contributed by atoms with van der Waals surface area (Å²) in [7, 11) is 1.82. The fourth-order valence-corrected chi connectivity index (χ4v) is 2.49. The second-order valence-electron chi connectivity index (χ2n) is 5.28. The van der Waals surface area contributed by atoms with Gasteiger partial charge in [-0.3, -0.25) is 4.79 Å². The fourth-order valence-electron chi connectivity index (χ4n) is 2.49. The minimum Gasteiger partial charge on any atom is -0.454 e. The molecule has 2 aliphatic rings. The summed E-state index contributed by atoms with van der Waals surface area (Å²) in [4.78, 5) is 14.1. The van der Waals surface area contributed by atoms with Crippen LogP contribution < -0.4 is 15.2 Å². The van der Waals surface area contributed by atoms with Gasteiger partial charge in [-0.2, -0.15) is 0 Å². The van der Waals surface area contributed by atoms with Crippen molar-refractivity contribution in [3.63, 3.8) is 0 Å². The van der Waals surface area contributed by atoms with Crippen LogP contribution >= 0.6 is 0 Å². The second kappa shape index (κ2) is 4.64. The molecule has 1 aliphatic carbocycles. The Hall–Kier alpha value is -1.91. The lowest BCUT2D eigenvalue weighted by Crippen LogP contribution is -2.34. The summed E-state index contributed by atoms with van der Waals surface area (Å²) in [5.41, 5.74) is 6.86. The van der Waals surface area contributed by atoms with Crippen LogP contribution in [0.25, 0.3) is 0 Å². The van der Waals surface area contributed by atoms with Gasteiger partial charge in [0.05, 0.1) is 5.56 Å². The summed E-state index contributed by atoms with van der Waals surface area (Å²) >= 11 is 0. The monoisotopic (exact) mass is 262 g/mol. The van der Waals surface area contributed by atoms with Crippen molar-refractivity contribution < 1.29 is 14.3 Å². The molecule has 3 rings (SSSR count). The molecule has 5 heteroatoms. The van der Waals surface area contributed by atoms with Crippen LogP contribution in [0, 0.1) is 5.92 Å². The average Bonchev–Trinajstić information content (AvgIpc) is 2.78. The van der Waals surface area contributed by atoms with Crippen LogP contribution in [0.15, 0.2) is 12.1 Å². The van der Waals surface area contributed by atoms with Gasteiger partial charge in [-0.05, 0) is 24.8 Å². The van der Waals surface area contributed by atoms with E-state index in [1.807, 2.05) is 7.05 Å². The third kappa shape index (κ3) is 2.20. The molecule has 1 fully saturated rings. The summed E-state index contributed by atoms with van der Waals surface area (Å²) in [6.07, 6.45) is 3.71. The summed E-state index contributed by atoms with van der Waals surface area (Å²) in [6, 6.07) is 3.34. The van der Waals surface area contributed by atoms with Crippen LogP contribution in [0.3, 0.4) is 0 Å². The van der Waals surface area contributed by atoms with Gasteiger partial charge in [0.25, 0.3) is 5.91 Å². The predicted octanol–water partition coefficient (Wildman–Crippen LogP) is 1.87. The number of nitrogens with two attached hydrogens (primary N) is 1. The molecule has 1 aromatic carbocycles. The molecule has 2 N–H and O–H groups in total. The van der Waals surface area contributed by atoms with Gasteiger partial charge >= 0.3 is 0 Å². The molecule has 0 aromatic heterocycles. The van der Waals surface area contributed by atoms with E-state index in [1.54, 1.807) is 17.0 Å². The standard InChI is InChI=1S/C14H18N2O3/c1-16(7-9-3-2-4-9)14(17)10-5-12-13(6-11(10)15)19-8-18-12/h5-6,9H,2-4,7-8,15H2,1H3. The highest BCUT2D eigenvalue weighted by molar-refractivity contribution is 6.00. The van der Waals surface area contributed by atoms with Crippen LogP contribution in [0.4, 0.5) is 5.69 Å². The van der Waals surface area contributed by atoms with E-state index in [4.69, 9.17) is 15.2 Å². The Bertz CT molecular complexity index is 512. The average molecular weight is 262 g/mol. The van der Waals surface area contributed by atoms with Gasteiger partial charge < -0.3 is 20.1 Å². The number of rotatable bonds is 3. The van der Waals surface area contributed by atoms with E-state index >= 15 is 0 Å². The van der Waals surface area contributed by atoms with Crippen molar-refractivity contribution in [2.45, 2.75) is 19.3 Å². The number of ether oxygens (including phenoxy) is 2. The third-order valence-corrected chi connectivity index (χ3v) is 3.88. The summed E-state index contributed by atoms with van der Waals surface area (Å²) in [5.74, 6) is 1.79. The fraction of sp³-hybridized carbons (Fsp3) is 0.500. The van der Waals surface area contributed by atoms with Crippen molar-refractivity contribution in [1.82, 2.24) is 4.90 Å². The number of nitrogens with zero attached hydrogens (tertiary/aromatic N) is 1. The van der Waals surface area contributed by atoms with Gasteiger partial charge in [0.1, 0.15) is 0 Å². The second-order valence-corrected chi connectivity index (χ2v) is 5.28. The molecule has 0 saturated heterocycles. The first-order valence-electron chi connectivity index (χ1n) is 6.59. The smallest absolute Gasteiger partial charge is 0.255 e. The first kappa shape index (κ1) is 12.1. The molecule has 0 bridgehead atoms. The topological polar surface area (TPSA) is 64.8 Å². The van der Waals surface area contributed by atoms with Crippen LogP contribution in [0.1, 0.15) is 29.6 Å². The minimum absolute atomic E-state index is 0.0531. The number of hydrogen-bond donors (Lipinski definition) is 1. The maximum Gasteiger partial charge on any atom is 0.255 e. The first-order valence-corrected chi connectivity index (χ1v) is 6.59. The highest BCUT2D eigenvalue weighted by Crippen LogP contribution is 2.36. The number of hydrogen-bond acceptors (Lipinski definition) is 4. The van der Waals surface area contributed by atoms with Crippen LogP contribution in [-0.2, 0) is 0 Å². The van der Waals surface area contributed by atoms with Gasteiger partial charge in [0, 0.05) is 25.3 Å². The van der Waals surface area contributed by atoms with E-state index < -0.39 is 0 Å². The number of anilines is 1. The summed E-state index contributed by atoms with van der Waals surface area (Å²) in [6.45, 7) is 0.983. The van der Waals surface area contributed by atoms with E-state index in [9.17, 15) is 4.79 Å². The predicted molar refractivity (Wildman–Crippen MR) is 71.3 cm³/mol. The van der Waals surface area contributed by atoms with Gasteiger partial charge in [0.2, 0.25) is 6.79 Å². The Kier molecular flexibility index (Phi) is 2.97. The third-order valence-electron chi connectivity index (χ3n) is 3.88. The van der Waals surface area contributed by atoms with E-state index in [2.05, 4.69) is 0 Å². The minimum atomic E-state index is -0.0531. The number of benzene rings is 1. The zero-order valence-electron chi connectivity index (χ0n) is 11.0. The molecule has 1 aliphatic heterocycles. The molecule has 19 heavy (non-hydrogen) atoms. The molecule has 0 radical (unpaired) electrons. The van der Waals surface area contributed by atoms with E-state index in [1.165, 1.54) is 19.3 Å². The highest BCUT2D eigenvalue weighted by Gasteiger charge is 2.25. The normalized spacial score (nSPS) is 17.1. The van der Waals surface area contributed by atoms with Crippen molar-refractivity contribution in [1.29, 1.82) is 0 Å². The van der Waals surface area contributed by atoms with Crippen LogP contribution in [0.2, 0.25) is 0 Å². The molecule has 102 valence electrons. The number of fused-ring (bicyclic) bond motifs is 1. The van der Waals surface area contributed by atoms with E-state index in [0.29, 0.717) is 28.7 Å².